The van der Waals surface area contributed by atoms with Gasteiger partial charge in [0.1, 0.15) is 0 Å². The zero-order chi connectivity index (χ0) is 16.1. The average molecular weight is 301 g/mol. The molecule has 0 saturated heterocycles. The lowest BCUT2D eigenvalue weighted by atomic mass is 10.2. The van der Waals surface area contributed by atoms with E-state index in [1.807, 2.05) is 30.3 Å². The SMILES string of the molecule is CCN(CCO)C(=O)c1nn(-c2ccccc2)c(C)cc1=O. The molecule has 22 heavy (non-hydrogen) atoms. The fraction of sp³-hybridized carbons (Fsp3) is 0.312. The first-order valence-electron chi connectivity index (χ1n) is 7.15. The second-order valence-corrected chi connectivity index (χ2v) is 4.85. The molecule has 1 amide bonds. The lowest BCUT2D eigenvalue weighted by Crippen LogP contribution is -2.37. The maximum atomic E-state index is 12.4. The van der Waals surface area contributed by atoms with Crippen molar-refractivity contribution in [1.29, 1.82) is 0 Å². The summed E-state index contributed by atoms with van der Waals surface area (Å²) in [6.07, 6.45) is 0. The van der Waals surface area contributed by atoms with Gasteiger partial charge in [-0.1, -0.05) is 18.2 Å². The van der Waals surface area contributed by atoms with Crippen molar-refractivity contribution < 1.29 is 9.90 Å². The summed E-state index contributed by atoms with van der Waals surface area (Å²) in [6.45, 7) is 3.98. The number of likely N-dealkylation sites (N-methyl/N-ethyl adjacent to an activating group) is 1. The number of benzene rings is 1. The summed E-state index contributed by atoms with van der Waals surface area (Å²) >= 11 is 0. The smallest absolute Gasteiger partial charge is 0.278 e. The molecule has 6 heteroatoms. The van der Waals surface area contributed by atoms with Crippen LogP contribution >= 0.6 is 0 Å². The molecule has 6 nitrogen and oxygen atoms in total. The van der Waals surface area contributed by atoms with Crippen LogP contribution in [0.25, 0.3) is 5.69 Å². The Morgan fingerprint density at radius 2 is 2.00 bits per heavy atom. The molecule has 0 fully saturated rings. The van der Waals surface area contributed by atoms with Crippen LogP contribution in [0.15, 0.2) is 41.2 Å². The molecule has 0 aliphatic carbocycles. The first-order valence-corrected chi connectivity index (χ1v) is 7.15. The highest BCUT2D eigenvalue weighted by molar-refractivity contribution is 5.92. The van der Waals surface area contributed by atoms with E-state index in [0.717, 1.165) is 5.69 Å². The van der Waals surface area contributed by atoms with Gasteiger partial charge in [-0.15, -0.1) is 0 Å². The van der Waals surface area contributed by atoms with Gasteiger partial charge in [-0.25, -0.2) is 4.68 Å². The molecule has 1 aromatic carbocycles. The molecule has 0 aliphatic rings. The van der Waals surface area contributed by atoms with Gasteiger partial charge in [-0.3, -0.25) is 9.59 Å². The van der Waals surface area contributed by atoms with Gasteiger partial charge in [0.15, 0.2) is 5.69 Å². The predicted octanol–water partition coefficient (Wildman–Crippen LogP) is 0.995. The molecule has 0 aliphatic heterocycles. The minimum absolute atomic E-state index is 0.134. The number of aryl methyl sites for hydroxylation is 1. The third-order valence-corrected chi connectivity index (χ3v) is 3.35. The zero-order valence-electron chi connectivity index (χ0n) is 12.7. The van der Waals surface area contributed by atoms with E-state index in [2.05, 4.69) is 5.10 Å². The van der Waals surface area contributed by atoms with Crippen molar-refractivity contribution in [2.45, 2.75) is 13.8 Å². The van der Waals surface area contributed by atoms with Crippen LogP contribution in [-0.4, -0.2) is 45.4 Å². The quantitative estimate of drug-likeness (QED) is 0.894. The fourth-order valence-electron chi connectivity index (χ4n) is 2.20. The Morgan fingerprint density at radius 1 is 1.32 bits per heavy atom. The van der Waals surface area contributed by atoms with Crippen LogP contribution in [0.3, 0.4) is 0 Å². The third-order valence-electron chi connectivity index (χ3n) is 3.35. The normalized spacial score (nSPS) is 10.5. The molecule has 0 bridgehead atoms. The number of rotatable bonds is 5. The van der Waals surface area contributed by atoms with Crippen LogP contribution < -0.4 is 5.43 Å². The van der Waals surface area contributed by atoms with E-state index >= 15 is 0 Å². The number of nitrogens with zero attached hydrogens (tertiary/aromatic N) is 3. The van der Waals surface area contributed by atoms with E-state index in [0.29, 0.717) is 12.2 Å². The Hall–Kier alpha value is -2.47. The minimum atomic E-state index is -0.466. The molecular formula is C16H19N3O3. The van der Waals surface area contributed by atoms with E-state index in [9.17, 15) is 9.59 Å². The molecule has 2 rings (SSSR count). The largest absolute Gasteiger partial charge is 0.395 e. The third kappa shape index (κ3) is 3.23. The van der Waals surface area contributed by atoms with Gasteiger partial charge >= 0.3 is 0 Å². The van der Waals surface area contributed by atoms with Gasteiger partial charge in [-0.2, -0.15) is 5.10 Å². The Morgan fingerprint density at radius 3 is 2.59 bits per heavy atom. The Bertz CT molecular complexity index is 710. The van der Waals surface area contributed by atoms with Crippen molar-refractivity contribution in [1.82, 2.24) is 14.7 Å². The van der Waals surface area contributed by atoms with E-state index < -0.39 is 11.3 Å². The number of carbonyl (C=O) groups is 1. The lowest BCUT2D eigenvalue weighted by Gasteiger charge is -2.19. The van der Waals surface area contributed by atoms with Crippen LogP contribution in [0, 0.1) is 6.92 Å². The van der Waals surface area contributed by atoms with Gasteiger partial charge < -0.3 is 10.0 Å². The number of aliphatic hydroxyl groups is 1. The molecule has 1 aromatic heterocycles. The Balaban J connectivity index is 2.49. The molecule has 0 saturated carbocycles. The van der Waals surface area contributed by atoms with Gasteiger partial charge in [0.25, 0.3) is 5.91 Å². The topological polar surface area (TPSA) is 75.4 Å². The van der Waals surface area contributed by atoms with Crippen LogP contribution in [0.2, 0.25) is 0 Å². The Labute approximate surface area is 128 Å². The maximum Gasteiger partial charge on any atom is 0.278 e. The number of hydrogen-bond donors (Lipinski definition) is 1. The fourth-order valence-corrected chi connectivity index (χ4v) is 2.20. The van der Waals surface area contributed by atoms with E-state index in [1.54, 1.807) is 18.5 Å². The zero-order valence-corrected chi connectivity index (χ0v) is 12.7. The highest BCUT2D eigenvalue weighted by Gasteiger charge is 2.20. The second kappa shape index (κ2) is 7.00. The predicted molar refractivity (Wildman–Crippen MR) is 83.2 cm³/mol. The standard InChI is InChI=1S/C16H19N3O3/c1-3-18(9-10-20)16(22)15-14(21)11-12(2)19(17-15)13-7-5-4-6-8-13/h4-8,11,20H,3,9-10H2,1-2H3. The van der Waals surface area contributed by atoms with E-state index in [4.69, 9.17) is 5.11 Å². The number of amides is 1. The van der Waals surface area contributed by atoms with Crippen LogP contribution in [0.4, 0.5) is 0 Å². The number of aromatic nitrogens is 2. The summed E-state index contributed by atoms with van der Waals surface area (Å²) in [7, 11) is 0. The molecule has 0 unspecified atom stereocenters. The molecular weight excluding hydrogens is 282 g/mol. The van der Waals surface area contributed by atoms with Crippen molar-refractivity contribution in [3.63, 3.8) is 0 Å². The summed E-state index contributed by atoms with van der Waals surface area (Å²) in [5.41, 5.74) is 0.882. The second-order valence-electron chi connectivity index (χ2n) is 4.85. The molecule has 1 heterocycles. The summed E-state index contributed by atoms with van der Waals surface area (Å²) in [5, 5.41) is 13.2. The average Bonchev–Trinajstić information content (AvgIpc) is 2.53. The summed E-state index contributed by atoms with van der Waals surface area (Å²) in [4.78, 5) is 25.9. The molecule has 0 spiro atoms. The van der Waals surface area contributed by atoms with Gasteiger partial charge in [0.2, 0.25) is 5.43 Å². The van der Waals surface area contributed by atoms with Gasteiger partial charge in [0.05, 0.1) is 12.3 Å². The van der Waals surface area contributed by atoms with Crippen molar-refractivity contribution >= 4 is 5.91 Å². The molecule has 1 N–H and O–H groups in total. The molecule has 0 atom stereocenters. The van der Waals surface area contributed by atoms with Crippen molar-refractivity contribution in [2.24, 2.45) is 0 Å². The highest BCUT2D eigenvalue weighted by atomic mass is 16.3. The molecule has 0 radical (unpaired) electrons. The number of para-hydroxylation sites is 1. The Kier molecular flexibility index (Phi) is 5.06. The van der Waals surface area contributed by atoms with Crippen LogP contribution in [0.1, 0.15) is 23.1 Å². The monoisotopic (exact) mass is 301 g/mol. The molecule has 2 aromatic rings. The minimum Gasteiger partial charge on any atom is -0.395 e. The van der Waals surface area contributed by atoms with Crippen molar-refractivity contribution in [3.8, 4) is 5.69 Å². The summed E-state index contributed by atoms with van der Waals surface area (Å²) < 4.78 is 1.57. The number of carbonyl (C=O) groups excluding carboxylic acids is 1. The first kappa shape index (κ1) is 15.9. The molecule has 116 valence electrons. The van der Waals surface area contributed by atoms with Gasteiger partial charge in [-0.05, 0) is 26.0 Å². The first-order chi connectivity index (χ1) is 10.6. The summed E-state index contributed by atoms with van der Waals surface area (Å²) in [6, 6.07) is 10.7. The highest BCUT2D eigenvalue weighted by Crippen LogP contribution is 2.08. The number of aliphatic hydroxyl groups excluding tert-OH is 1. The number of hydrogen-bond acceptors (Lipinski definition) is 4. The van der Waals surface area contributed by atoms with Crippen LogP contribution in [0.5, 0.6) is 0 Å². The maximum absolute atomic E-state index is 12.4. The van der Waals surface area contributed by atoms with Crippen molar-refractivity contribution in [3.05, 3.63) is 58.0 Å². The lowest BCUT2D eigenvalue weighted by molar-refractivity contribution is 0.0722. The summed E-state index contributed by atoms with van der Waals surface area (Å²) in [5.74, 6) is -0.466. The van der Waals surface area contributed by atoms with Crippen molar-refractivity contribution in [2.75, 3.05) is 19.7 Å². The van der Waals surface area contributed by atoms with Gasteiger partial charge in [0, 0.05) is 24.8 Å². The van der Waals surface area contributed by atoms with E-state index in [1.165, 1.54) is 11.0 Å². The van der Waals surface area contributed by atoms with Crippen LogP contribution in [-0.2, 0) is 0 Å². The van der Waals surface area contributed by atoms with E-state index in [-0.39, 0.29) is 18.8 Å².